The second-order valence-electron chi connectivity index (χ2n) is 6.06. The molecule has 0 atom stereocenters. The van der Waals surface area contributed by atoms with E-state index in [4.69, 9.17) is 4.74 Å². The molecule has 0 bridgehead atoms. The Bertz CT molecular complexity index is 862. The summed E-state index contributed by atoms with van der Waals surface area (Å²) in [7, 11) is 3.44. The lowest BCUT2D eigenvalue weighted by molar-refractivity contribution is 0.414. The van der Waals surface area contributed by atoms with E-state index in [1.165, 1.54) is 5.56 Å². The summed E-state index contributed by atoms with van der Waals surface area (Å²) < 4.78 is 5.18. The van der Waals surface area contributed by atoms with Crippen LogP contribution in [0.1, 0.15) is 11.4 Å². The van der Waals surface area contributed by atoms with Gasteiger partial charge in [0, 0.05) is 13.6 Å². The summed E-state index contributed by atoms with van der Waals surface area (Å²) in [5, 5.41) is 6.60. The molecule has 0 radical (unpaired) electrons. The number of guanidine groups is 1. The van der Waals surface area contributed by atoms with E-state index in [-0.39, 0.29) is 24.0 Å². The van der Waals surface area contributed by atoms with Crippen molar-refractivity contribution in [2.75, 3.05) is 20.7 Å². The highest BCUT2D eigenvalue weighted by Gasteiger charge is 2.04. The lowest BCUT2D eigenvalue weighted by atomic mass is 10.1. The van der Waals surface area contributed by atoms with Crippen LogP contribution >= 0.6 is 24.0 Å². The Hall–Kier alpha value is -2.55. The number of aromatic nitrogens is 2. The van der Waals surface area contributed by atoms with Crippen molar-refractivity contribution in [1.29, 1.82) is 0 Å². The van der Waals surface area contributed by atoms with Gasteiger partial charge in [-0.15, -0.1) is 24.0 Å². The Kier molecular flexibility index (Phi) is 8.80. The van der Waals surface area contributed by atoms with Gasteiger partial charge in [0.05, 0.1) is 25.5 Å². The predicted molar refractivity (Wildman–Crippen MR) is 124 cm³/mol. The topological polar surface area (TPSA) is 74.3 Å². The summed E-state index contributed by atoms with van der Waals surface area (Å²) in [6.07, 6.45) is 2.76. The fourth-order valence-corrected chi connectivity index (χ4v) is 2.72. The largest absolute Gasteiger partial charge is 0.497 e. The monoisotopic (exact) mass is 491 g/mol. The van der Waals surface area contributed by atoms with Crippen molar-refractivity contribution in [1.82, 2.24) is 20.6 Å². The van der Waals surface area contributed by atoms with Gasteiger partial charge in [-0.2, -0.15) is 0 Å². The van der Waals surface area contributed by atoms with Gasteiger partial charge in [0.1, 0.15) is 11.6 Å². The molecule has 0 saturated carbocycles. The van der Waals surface area contributed by atoms with E-state index < -0.39 is 0 Å². The molecule has 7 heteroatoms. The van der Waals surface area contributed by atoms with Crippen LogP contribution in [0.2, 0.25) is 0 Å². The number of aromatic amines is 1. The standard InChI is InChI=1S/C21H25N5O.HI/c1-22-21(23-13-12-16-8-10-18(27-2)11-9-16)25-15-20-24-14-19(26-20)17-6-4-3-5-7-17;/h3-11,14H,12-13,15H2,1-2H3,(H,24,26)(H2,22,23,25);1H. The zero-order valence-corrected chi connectivity index (χ0v) is 18.4. The molecular formula is C21H26IN5O. The van der Waals surface area contributed by atoms with E-state index in [9.17, 15) is 0 Å². The number of methoxy groups -OCH3 is 1. The molecule has 0 amide bonds. The van der Waals surface area contributed by atoms with Crippen molar-refractivity contribution in [2.24, 2.45) is 4.99 Å². The maximum absolute atomic E-state index is 5.18. The molecule has 0 fully saturated rings. The Morgan fingerprint density at radius 3 is 2.50 bits per heavy atom. The molecule has 3 N–H and O–H groups in total. The molecule has 1 aromatic heterocycles. The number of imidazole rings is 1. The number of halogens is 1. The van der Waals surface area contributed by atoms with Crippen molar-refractivity contribution >= 4 is 29.9 Å². The van der Waals surface area contributed by atoms with Crippen LogP contribution in [0.15, 0.2) is 65.8 Å². The average Bonchev–Trinajstić information content (AvgIpc) is 3.21. The molecule has 1 heterocycles. The maximum Gasteiger partial charge on any atom is 0.191 e. The molecule has 0 spiro atoms. The van der Waals surface area contributed by atoms with E-state index in [2.05, 4.69) is 49.9 Å². The number of nitrogens with zero attached hydrogens (tertiary/aromatic N) is 2. The predicted octanol–water partition coefficient (Wildman–Crippen LogP) is 3.61. The first kappa shape index (κ1) is 21.7. The average molecular weight is 491 g/mol. The molecule has 148 valence electrons. The molecular weight excluding hydrogens is 465 g/mol. The number of hydrogen-bond donors (Lipinski definition) is 3. The summed E-state index contributed by atoms with van der Waals surface area (Å²) in [5.74, 6) is 2.49. The first-order valence-electron chi connectivity index (χ1n) is 8.95. The number of ether oxygens (including phenoxy) is 1. The van der Waals surface area contributed by atoms with E-state index in [1.807, 2.05) is 36.5 Å². The van der Waals surface area contributed by atoms with E-state index in [0.717, 1.165) is 41.8 Å². The van der Waals surface area contributed by atoms with Gasteiger partial charge in [0.2, 0.25) is 0 Å². The molecule has 3 aromatic rings. The minimum absolute atomic E-state index is 0. The molecule has 6 nitrogen and oxygen atoms in total. The zero-order chi connectivity index (χ0) is 18.9. The Labute approximate surface area is 182 Å². The van der Waals surface area contributed by atoms with Crippen LogP contribution in [0.3, 0.4) is 0 Å². The Morgan fingerprint density at radius 1 is 1.07 bits per heavy atom. The summed E-state index contributed by atoms with van der Waals surface area (Å²) in [4.78, 5) is 12.0. The fourth-order valence-electron chi connectivity index (χ4n) is 2.72. The first-order valence-corrected chi connectivity index (χ1v) is 8.95. The number of nitrogens with one attached hydrogen (secondary N) is 3. The summed E-state index contributed by atoms with van der Waals surface area (Å²) >= 11 is 0. The van der Waals surface area contributed by atoms with Crippen LogP contribution in [-0.2, 0) is 13.0 Å². The number of benzene rings is 2. The molecule has 0 unspecified atom stereocenters. The van der Waals surface area contributed by atoms with Crippen LogP contribution < -0.4 is 15.4 Å². The highest BCUT2D eigenvalue weighted by atomic mass is 127. The van der Waals surface area contributed by atoms with Gasteiger partial charge in [-0.1, -0.05) is 42.5 Å². The van der Waals surface area contributed by atoms with E-state index in [1.54, 1.807) is 14.2 Å². The van der Waals surface area contributed by atoms with Gasteiger partial charge in [-0.25, -0.2) is 4.98 Å². The fraction of sp³-hybridized carbons (Fsp3) is 0.238. The molecule has 0 aliphatic carbocycles. The quantitative estimate of drug-likeness (QED) is 0.268. The molecule has 0 aliphatic rings. The van der Waals surface area contributed by atoms with Crippen molar-refractivity contribution in [3.05, 3.63) is 72.2 Å². The van der Waals surface area contributed by atoms with Crippen LogP contribution in [0.5, 0.6) is 5.75 Å². The van der Waals surface area contributed by atoms with Gasteiger partial charge in [0.25, 0.3) is 0 Å². The minimum atomic E-state index is 0. The minimum Gasteiger partial charge on any atom is -0.497 e. The van der Waals surface area contributed by atoms with Crippen molar-refractivity contribution in [3.63, 3.8) is 0 Å². The van der Waals surface area contributed by atoms with Gasteiger partial charge >= 0.3 is 0 Å². The van der Waals surface area contributed by atoms with E-state index >= 15 is 0 Å². The van der Waals surface area contributed by atoms with Crippen LogP contribution in [-0.4, -0.2) is 36.6 Å². The smallest absolute Gasteiger partial charge is 0.191 e. The SMILES string of the molecule is CN=C(NCCc1ccc(OC)cc1)NCc1ncc(-c2ccccc2)[nH]1.I. The van der Waals surface area contributed by atoms with Crippen molar-refractivity contribution in [2.45, 2.75) is 13.0 Å². The first-order chi connectivity index (χ1) is 13.3. The molecule has 0 aliphatic heterocycles. The second-order valence-corrected chi connectivity index (χ2v) is 6.06. The van der Waals surface area contributed by atoms with Crippen LogP contribution in [0.25, 0.3) is 11.3 Å². The lowest BCUT2D eigenvalue weighted by Crippen LogP contribution is -2.38. The molecule has 2 aromatic carbocycles. The molecule has 3 rings (SSSR count). The van der Waals surface area contributed by atoms with Crippen molar-refractivity contribution < 1.29 is 4.74 Å². The Balaban J connectivity index is 0.00000280. The third kappa shape index (κ3) is 6.26. The number of aliphatic imine (C=N–C) groups is 1. The van der Waals surface area contributed by atoms with Crippen molar-refractivity contribution in [3.8, 4) is 17.0 Å². The number of hydrogen-bond acceptors (Lipinski definition) is 3. The Morgan fingerprint density at radius 2 is 1.82 bits per heavy atom. The summed E-state index contributed by atoms with van der Waals surface area (Å²) in [6.45, 7) is 1.37. The summed E-state index contributed by atoms with van der Waals surface area (Å²) in [5.41, 5.74) is 3.38. The summed E-state index contributed by atoms with van der Waals surface area (Å²) in [6, 6.07) is 18.3. The normalized spacial score (nSPS) is 10.9. The lowest BCUT2D eigenvalue weighted by Gasteiger charge is -2.11. The molecule has 28 heavy (non-hydrogen) atoms. The van der Waals surface area contributed by atoms with Gasteiger partial charge in [-0.05, 0) is 29.7 Å². The van der Waals surface area contributed by atoms with Gasteiger partial charge in [0.15, 0.2) is 5.96 Å². The number of H-pyrrole nitrogens is 1. The van der Waals surface area contributed by atoms with Crippen LogP contribution in [0, 0.1) is 0 Å². The third-order valence-corrected chi connectivity index (χ3v) is 4.23. The third-order valence-electron chi connectivity index (χ3n) is 4.23. The van der Waals surface area contributed by atoms with Gasteiger partial charge in [-0.3, -0.25) is 4.99 Å². The highest BCUT2D eigenvalue weighted by Crippen LogP contribution is 2.15. The van der Waals surface area contributed by atoms with Crippen LogP contribution in [0.4, 0.5) is 0 Å². The second kappa shape index (κ2) is 11.3. The van der Waals surface area contributed by atoms with Gasteiger partial charge < -0.3 is 20.4 Å². The van der Waals surface area contributed by atoms with E-state index in [0.29, 0.717) is 6.54 Å². The zero-order valence-electron chi connectivity index (χ0n) is 16.1. The molecule has 0 saturated heterocycles. The maximum atomic E-state index is 5.18. The number of rotatable bonds is 7. The highest BCUT2D eigenvalue weighted by molar-refractivity contribution is 14.0.